The summed E-state index contributed by atoms with van der Waals surface area (Å²) in [5, 5.41) is 13.7. The molecule has 1 saturated heterocycles. The van der Waals surface area contributed by atoms with E-state index in [0.717, 1.165) is 5.56 Å². The predicted octanol–water partition coefficient (Wildman–Crippen LogP) is 3.73. The topological polar surface area (TPSA) is 111 Å². The van der Waals surface area contributed by atoms with Crippen LogP contribution in [0.1, 0.15) is 51.3 Å². The molecule has 9 nitrogen and oxygen atoms in total. The Balaban J connectivity index is 2.11. The van der Waals surface area contributed by atoms with Crippen LogP contribution in [0.5, 0.6) is 11.5 Å². The van der Waals surface area contributed by atoms with E-state index in [1.54, 1.807) is 20.3 Å². The number of carbonyl (C=O) groups excluding carboxylic acids is 2. The number of methoxy groups -OCH3 is 2. The largest absolute Gasteiger partial charge is 0.497 e. The smallest absolute Gasteiger partial charge is 0.344 e. The molecule has 0 aromatic heterocycles. The van der Waals surface area contributed by atoms with Crippen molar-refractivity contribution in [1.82, 2.24) is 9.80 Å². The molecule has 1 fully saturated rings. The summed E-state index contributed by atoms with van der Waals surface area (Å²) in [5.74, 6) is -0.819. The molecule has 0 spiro atoms. The lowest BCUT2D eigenvalue weighted by atomic mass is 9.70. The summed E-state index contributed by atoms with van der Waals surface area (Å²) in [5.41, 5.74) is -0.193. The zero-order chi connectivity index (χ0) is 28.6. The number of amides is 1. The molecule has 2 aromatic carbocycles. The third-order valence-corrected chi connectivity index (χ3v) is 8.02. The first-order valence-corrected chi connectivity index (χ1v) is 13.2. The summed E-state index contributed by atoms with van der Waals surface area (Å²) < 4.78 is 17.3. The second-order valence-electron chi connectivity index (χ2n) is 11.7. The molecule has 0 bridgehead atoms. The maximum atomic E-state index is 14.6. The van der Waals surface area contributed by atoms with Gasteiger partial charge < -0.3 is 24.6 Å². The summed E-state index contributed by atoms with van der Waals surface area (Å²) in [6.07, 6.45) is -0.369. The number of carboxylic acid groups (broad SMARTS) is 1. The number of ketones is 1. The quantitative estimate of drug-likeness (QED) is 0.405. The third-order valence-electron chi connectivity index (χ3n) is 8.02. The fraction of sp³-hybridized carbons (Fsp3) is 0.500. The second-order valence-corrected chi connectivity index (χ2v) is 11.7. The van der Waals surface area contributed by atoms with Gasteiger partial charge in [-0.1, -0.05) is 39.0 Å². The van der Waals surface area contributed by atoms with E-state index in [1.165, 1.54) is 6.92 Å². The van der Waals surface area contributed by atoms with Gasteiger partial charge in [-0.15, -0.1) is 0 Å². The standard InChI is InChI=1S/C30H38N2O7/c1-19(33)30(28(35)36)17-31-14-13-25(30)32(18-29(2,3)4)23-12-11-20(37-5)15-22(23)27(39-16-26(32)34)21-9-7-8-10-24(21)38-6/h7-12,15,25,27,31H,13-14,16-18H2,1-6H3/p+1/t25-,27?,30+,32?/m1/s1. The molecule has 2 aliphatic rings. The van der Waals surface area contributed by atoms with Gasteiger partial charge in [-0.2, -0.15) is 0 Å². The van der Waals surface area contributed by atoms with Crippen molar-refractivity contribution < 1.29 is 33.7 Å². The summed E-state index contributed by atoms with van der Waals surface area (Å²) in [6.45, 7) is 7.80. The number of hydrogen-bond donors (Lipinski definition) is 2. The molecule has 4 atom stereocenters. The Hall–Kier alpha value is -3.27. The maximum Gasteiger partial charge on any atom is 0.344 e. The van der Waals surface area contributed by atoms with Gasteiger partial charge in [0.15, 0.2) is 17.8 Å². The van der Waals surface area contributed by atoms with Crippen LogP contribution in [0.2, 0.25) is 0 Å². The SMILES string of the molecule is COc1ccc2c(c1)C(c1ccccc1OC)OCC(=O)[N+]2(CC(C)(C)C)[C@@H]1CCNC[C@@]1(C(C)=O)C(=O)O. The normalized spacial score (nSPS) is 27.3. The number of para-hydroxylation sites is 1. The minimum atomic E-state index is -1.80. The number of carboxylic acids is 1. The number of rotatable bonds is 7. The van der Waals surface area contributed by atoms with Crippen molar-refractivity contribution >= 4 is 23.3 Å². The van der Waals surface area contributed by atoms with Crippen molar-refractivity contribution in [3.63, 3.8) is 0 Å². The summed E-state index contributed by atoms with van der Waals surface area (Å²) in [4.78, 5) is 40.8. The molecule has 0 saturated carbocycles. The van der Waals surface area contributed by atoms with Crippen molar-refractivity contribution in [2.75, 3.05) is 40.5 Å². The lowest BCUT2D eigenvalue weighted by molar-refractivity contribution is -0.164. The lowest BCUT2D eigenvalue weighted by Crippen LogP contribution is -2.75. The third kappa shape index (κ3) is 4.83. The van der Waals surface area contributed by atoms with Gasteiger partial charge in [-0.3, -0.25) is 9.59 Å². The Morgan fingerprint density at radius 1 is 1.13 bits per heavy atom. The van der Waals surface area contributed by atoms with E-state index in [2.05, 4.69) is 5.32 Å². The van der Waals surface area contributed by atoms with E-state index in [0.29, 0.717) is 35.7 Å². The Bertz CT molecular complexity index is 1250. The predicted molar refractivity (Wildman–Crippen MR) is 147 cm³/mol. The fourth-order valence-electron chi connectivity index (χ4n) is 6.45. The minimum absolute atomic E-state index is 0.0535. The number of quaternary nitrogens is 1. The molecule has 9 heteroatoms. The van der Waals surface area contributed by atoms with Crippen molar-refractivity contribution in [3.05, 3.63) is 53.6 Å². The van der Waals surface area contributed by atoms with Gasteiger partial charge in [-0.25, -0.2) is 9.28 Å². The number of carbonyl (C=O) groups is 3. The minimum Gasteiger partial charge on any atom is -0.497 e. The van der Waals surface area contributed by atoms with E-state index in [1.807, 2.05) is 57.2 Å². The van der Waals surface area contributed by atoms with Gasteiger partial charge in [0.2, 0.25) is 0 Å². The van der Waals surface area contributed by atoms with Gasteiger partial charge in [0, 0.05) is 36.6 Å². The molecule has 2 aliphatic heterocycles. The summed E-state index contributed by atoms with van der Waals surface area (Å²) in [7, 11) is 3.15. The van der Waals surface area contributed by atoms with Crippen LogP contribution in [-0.2, 0) is 19.1 Å². The Kier molecular flexibility index (Phi) is 7.89. The van der Waals surface area contributed by atoms with Crippen LogP contribution in [0.15, 0.2) is 42.5 Å². The number of ether oxygens (including phenoxy) is 3. The van der Waals surface area contributed by atoms with Crippen LogP contribution >= 0.6 is 0 Å². The van der Waals surface area contributed by atoms with Gasteiger partial charge >= 0.3 is 11.9 Å². The number of nitrogens with zero attached hydrogens (tertiary/aromatic N) is 1. The highest BCUT2D eigenvalue weighted by Crippen LogP contribution is 2.50. The van der Waals surface area contributed by atoms with E-state index in [4.69, 9.17) is 14.2 Å². The van der Waals surface area contributed by atoms with Gasteiger partial charge in [0.1, 0.15) is 29.3 Å². The van der Waals surface area contributed by atoms with Crippen LogP contribution < -0.4 is 19.3 Å². The second kappa shape index (κ2) is 10.7. The van der Waals surface area contributed by atoms with Gasteiger partial charge in [-0.05, 0) is 25.1 Å². The monoisotopic (exact) mass is 539 g/mol. The highest BCUT2D eigenvalue weighted by molar-refractivity contribution is 6.05. The molecule has 1 amide bonds. The fourth-order valence-corrected chi connectivity index (χ4v) is 6.45. The molecular weight excluding hydrogens is 500 g/mol. The molecule has 210 valence electrons. The molecule has 39 heavy (non-hydrogen) atoms. The first-order valence-electron chi connectivity index (χ1n) is 13.2. The van der Waals surface area contributed by atoms with Gasteiger partial charge in [0.05, 0.1) is 26.3 Å². The lowest BCUT2D eigenvalue weighted by Gasteiger charge is -2.51. The van der Waals surface area contributed by atoms with Crippen molar-refractivity contribution in [2.45, 2.75) is 46.3 Å². The van der Waals surface area contributed by atoms with E-state index in [9.17, 15) is 19.5 Å². The summed E-state index contributed by atoms with van der Waals surface area (Å²) >= 11 is 0. The Morgan fingerprint density at radius 3 is 2.46 bits per heavy atom. The molecule has 0 aliphatic carbocycles. The van der Waals surface area contributed by atoms with Crippen LogP contribution in [0.25, 0.3) is 0 Å². The molecule has 2 aromatic rings. The Morgan fingerprint density at radius 2 is 1.85 bits per heavy atom. The molecular formula is C30H39N2O7+. The van der Waals surface area contributed by atoms with E-state index >= 15 is 0 Å². The van der Waals surface area contributed by atoms with Crippen LogP contribution in [0, 0.1) is 10.8 Å². The van der Waals surface area contributed by atoms with E-state index < -0.39 is 34.7 Å². The number of aliphatic carboxylic acids is 1. The van der Waals surface area contributed by atoms with Crippen molar-refractivity contribution in [3.8, 4) is 11.5 Å². The number of Topliss-reactive ketones (excluding diaryl/α,β-unsaturated/α-hetero) is 1. The first-order chi connectivity index (χ1) is 18.4. The molecule has 2 unspecified atom stereocenters. The first kappa shape index (κ1) is 28.7. The number of fused-ring (bicyclic) bond motifs is 1. The van der Waals surface area contributed by atoms with Crippen LogP contribution in [-0.4, -0.2) is 69.3 Å². The Labute approximate surface area is 229 Å². The molecule has 2 heterocycles. The zero-order valence-corrected chi connectivity index (χ0v) is 23.6. The molecule has 4 rings (SSSR count). The molecule has 0 radical (unpaired) electrons. The number of nitrogens with one attached hydrogen (secondary N) is 1. The summed E-state index contributed by atoms with van der Waals surface area (Å²) in [6, 6.07) is 12.1. The average molecular weight is 540 g/mol. The number of piperidine rings is 1. The molecule has 2 N–H and O–H groups in total. The van der Waals surface area contributed by atoms with Crippen LogP contribution in [0.3, 0.4) is 0 Å². The average Bonchev–Trinajstić information content (AvgIpc) is 3.01. The maximum absolute atomic E-state index is 14.6. The van der Waals surface area contributed by atoms with Crippen molar-refractivity contribution in [2.24, 2.45) is 10.8 Å². The number of benzene rings is 2. The van der Waals surface area contributed by atoms with Crippen molar-refractivity contribution in [1.29, 1.82) is 0 Å². The van der Waals surface area contributed by atoms with Gasteiger partial charge in [0.25, 0.3) is 0 Å². The van der Waals surface area contributed by atoms with Crippen LogP contribution in [0.4, 0.5) is 5.69 Å². The highest BCUT2D eigenvalue weighted by atomic mass is 16.5. The number of hydrogen-bond acceptors (Lipinski definition) is 7. The highest BCUT2D eigenvalue weighted by Gasteiger charge is 2.65. The zero-order valence-electron chi connectivity index (χ0n) is 23.6. The van der Waals surface area contributed by atoms with E-state index in [-0.39, 0.29) is 30.1 Å².